The van der Waals surface area contributed by atoms with E-state index in [4.69, 9.17) is 9.15 Å². The Labute approximate surface area is 158 Å². The SMILES string of the molecule is Cc1c(O)ccc2c(CSc3n[nH]c(=O)n3C[C@@H]3CCCO3)cc(=O)oc12. The fraction of sp³-hybridized carbons (Fsp3) is 0.389. The Balaban J connectivity index is 1.62. The molecule has 3 heterocycles. The van der Waals surface area contributed by atoms with E-state index in [9.17, 15) is 14.7 Å². The molecule has 1 aromatic carbocycles. The van der Waals surface area contributed by atoms with E-state index in [0.717, 1.165) is 30.4 Å². The summed E-state index contributed by atoms with van der Waals surface area (Å²) in [5.41, 5.74) is 0.897. The van der Waals surface area contributed by atoms with Crippen LogP contribution in [0.5, 0.6) is 5.75 Å². The van der Waals surface area contributed by atoms with Crippen molar-refractivity contribution in [2.45, 2.75) is 43.3 Å². The number of benzene rings is 1. The molecule has 4 rings (SSSR count). The summed E-state index contributed by atoms with van der Waals surface area (Å²) in [5.74, 6) is 0.510. The minimum Gasteiger partial charge on any atom is -0.508 e. The molecule has 0 unspecified atom stereocenters. The van der Waals surface area contributed by atoms with E-state index in [1.165, 1.54) is 17.8 Å². The molecule has 1 atom stereocenters. The number of H-pyrrole nitrogens is 1. The minimum absolute atomic E-state index is 0.0230. The highest BCUT2D eigenvalue weighted by Crippen LogP contribution is 2.30. The van der Waals surface area contributed by atoms with Gasteiger partial charge in [0.25, 0.3) is 0 Å². The van der Waals surface area contributed by atoms with E-state index < -0.39 is 5.63 Å². The van der Waals surface area contributed by atoms with E-state index in [1.807, 2.05) is 0 Å². The maximum Gasteiger partial charge on any atom is 0.344 e. The van der Waals surface area contributed by atoms with Crippen LogP contribution in [0, 0.1) is 6.92 Å². The molecule has 0 aliphatic carbocycles. The van der Waals surface area contributed by atoms with Crippen molar-refractivity contribution in [3.63, 3.8) is 0 Å². The monoisotopic (exact) mass is 389 g/mol. The predicted molar refractivity (Wildman–Crippen MR) is 100 cm³/mol. The number of aromatic amines is 1. The molecular formula is C18H19N3O5S. The summed E-state index contributed by atoms with van der Waals surface area (Å²) in [5, 5.41) is 17.7. The summed E-state index contributed by atoms with van der Waals surface area (Å²) in [6.07, 6.45) is 1.95. The lowest BCUT2D eigenvalue weighted by molar-refractivity contribution is 0.0941. The molecule has 27 heavy (non-hydrogen) atoms. The summed E-state index contributed by atoms with van der Waals surface area (Å²) in [6, 6.07) is 4.73. The highest BCUT2D eigenvalue weighted by molar-refractivity contribution is 7.98. The molecule has 1 aliphatic heterocycles. The Bertz CT molecular complexity index is 1090. The van der Waals surface area contributed by atoms with Gasteiger partial charge in [-0.25, -0.2) is 14.7 Å². The Hall–Kier alpha value is -2.52. The molecule has 1 aliphatic rings. The highest BCUT2D eigenvalue weighted by Gasteiger charge is 2.20. The van der Waals surface area contributed by atoms with Crippen molar-refractivity contribution in [3.05, 3.63) is 50.2 Å². The van der Waals surface area contributed by atoms with Crippen molar-refractivity contribution in [1.82, 2.24) is 14.8 Å². The number of ether oxygens (including phenoxy) is 1. The fourth-order valence-corrected chi connectivity index (χ4v) is 4.19. The van der Waals surface area contributed by atoms with Crippen LogP contribution in [0.25, 0.3) is 11.0 Å². The number of aryl methyl sites for hydroxylation is 1. The van der Waals surface area contributed by atoms with Gasteiger partial charge in [0.15, 0.2) is 5.16 Å². The number of hydrogen-bond donors (Lipinski definition) is 2. The standard InChI is InChI=1S/C18H19N3O5S/c1-10-14(22)5-4-13-11(7-15(23)26-16(10)13)9-27-18-20-19-17(24)21(18)8-12-3-2-6-25-12/h4-5,7,12,22H,2-3,6,8-9H2,1H3,(H,19,24)/t12-/m0/s1. The summed E-state index contributed by atoms with van der Waals surface area (Å²) >= 11 is 1.36. The fourth-order valence-electron chi connectivity index (χ4n) is 3.24. The van der Waals surface area contributed by atoms with Gasteiger partial charge in [-0.2, -0.15) is 0 Å². The van der Waals surface area contributed by atoms with Gasteiger partial charge in [0.05, 0.1) is 12.6 Å². The van der Waals surface area contributed by atoms with Crippen LogP contribution in [-0.2, 0) is 17.0 Å². The normalized spacial score (nSPS) is 17.0. The molecule has 8 nitrogen and oxygen atoms in total. The molecule has 0 bridgehead atoms. The van der Waals surface area contributed by atoms with Crippen molar-refractivity contribution in [1.29, 1.82) is 0 Å². The van der Waals surface area contributed by atoms with E-state index >= 15 is 0 Å². The maximum absolute atomic E-state index is 12.1. The third kappa shape index (κ3) is 3.52. The van der Waals surface area contributed by atoms with Gasteiger partial charge in [-0.05, 0) is 37.5 Å². The second-order valence-corrected chi connectivity index (χ2v) is 7.47. The van der Waals surface area contributed by atoms with Crippen molar-refractivity contribution in [2.75, 3.05) is 6.61 Å². The van der Waals surface area contributed by atoms with E-state index in [-0.39, 0.29) is 17.5 Å². The smallest absolute Gasteiger partial charge is 0.344 e. The number of thioether (sulfide) groups is 1. The molecule has 0 radical (unpaired) electrons. The van der Waals surface area contributed by atoms with E-state index in [2.05, 4.69) is 10.2 Å². The molecule has 1 saturated heterocycles. The highest BCUT2D eigenvalue weighted by atomic mass is 32.2. The number of hydrogen-bond acceptors (Lipinski definition) is 7. The topological polar surface area (TPSA) is 110 Å². The number of rotatable bonds is 5. The number of nitrogens with zero attached hydrogens (tertiary/aromatic N) is 2. The number of fused-ring (bicyclic) bond motifs is 1. The number of aromatic hydroxyl groups is 1. The lowest BCUT2D eigenvalue weighted by Gasteiger charge is -2.11. The summed E-state index contributed by atoms with van der Waals surface area (Å²) in [4.78, 5) is 24.0. The van der Waals surface area contributed by atoms with Gasteiger partial charge in [0.2, 0.25) is 0 Å². The third-order valence-electron chi connectivity index (χ3n) is 4.71. The van der Waals surface area contributed by atoms with Gasteiger partial charge < -0.3 is 14.3 Å². The van der Waals surface area contributed by atoms with Crippen LogP contribution in [0.15, 0.2) is 37.4 Å². The zero-order valence-corrected chi connectivity index (χ0v) is 15.5. The quantitative estimate of drug-likeness (QED) is 0.508. The number of nitrogens with one attached hydrogen (secondary N) is 1. The zero-order chi connectivity index (χ0) is 19.0. The van der Waals surface area contributed by atoms with Crippen molar-refractivity contribution >= 4 is 22.7 Å². The maximum atomic E-state index is 12.1. The summed E-state index contributed by atoms with van der Waals surface area (Å²) in [7, 11) is 0. The van der Waals surface area contributed by atoms with E-state index in [0.29, 0.717) is 28.6 Å². The second-order valence-electron chi connectivity index (χ2n) is 6.52. The Kier molecular flexibility index (Phi) is 4.79. The van der Waals surface area contributed by atoms with Crippen molar-refractivity contribution in [2.24, 2.45) is 0 Å². The van der Waals surface area contributed by atoms with Gasteiger partial charge in [-0.15, -0.1) is 5.10 Å². The van der Waals surface area contributed by atoms with Crippen LogP contribution in [0.3, 0.4) is 0 Å². The first-order chi connectivity index (χ1) is 13.0. The number of aromatic nitrogens is 3. The Morgan fingerprint density at radius 1 is 1.41 bits per heavy atom. The average molecular weight is 389 g/mol. The van der Waals surface area contributed by atoms with Crippen LogP contribution < -0.4 is 11.3 Å². The first-order valence-electron chi connectivity index (χ1n) is 8.68. The van der Waals surface area contributed by atoms with Gasteiger partial charge in [-0.1, -0.05) is 11.8 Å². The second kappa shape index (κ2) is 7.24. The zero-order valence-electron chi connectivity index (χ0n) is 14.7. The third-order valence-corrected chi connectivity index (χ3v) is 5.73. The van der Waals surface area contributed by atoms with Crippen molar-refractivity contribution in [3.8, 4) is 5.75 Å². The van der Waals surface area contributed by atoms with Gasteiger partial charge in [-0.3, -0.25) is 4.57 Å². The van der Waals surface area contributed by atoms with Crippen LogP contribution in [-0.4, -0.2) is 32.6 Å². The summed E-state index contributed by atoms with van der Waals surface area (Å²) < 4.78 is 12.4. The van der Waals surface area contributed by atoms with Gasteiger partial charge >= 0.3 is 11.3 Å². The number of phenols is 1. The van der Waals surface area contributed by atoms with Crippen molar-refractivity contribution < 1.29 is 14.3 Å². The Morgan fingerprint density at radius 2 is 2.26 bits per heavy atom. The molecule has 2 aromatic heterocycles. The molecule has 0 saturated carbocycles. The lowest BCUT2D eigenvalue weighted by atomic mass is 10.1. The first-order valence-corrected chi connectivity index (χ1v) is 9.66. The van der Waals surface area contributed by atoms with Crippen LogP contribution >= 0.6 is 11.8 Å². The number of phenolic OH excluding ortho intramolecular Hbond substituents is 1. The lowest BCUT2D eigenvalue weighted by Crippen LogP contribution is -2.24. The van der Waals surface area contributed by atoms with E-state index in [1.54, 1.807) is 23.6 Å². The molecule has 9 heteroatoms. The average Bonchev–Trinajstić information content (AvgIpc) is 3.28. The predicted octanol–water partition coefficient (Wildman–Crippen LogP) is 2.16. The van der Waals surface area contributed by atoms with Crippen LogP contribution in [0.1, 0.15) is 24.0 Å². The van der Waals surface area contributed by atoms with Gasteiger partial charge in [0, 0.05) is 29.4 Å². The minimum atomic E-state index is -0.481. The summed E-state index contributed by atoms with van der Waals surface area (Å²) in [6.45, 7) is 2.88. The molecule has 0 amide bonds. The molecule has 3 aromatic rings. The molecular weight excluding hydrogens is 370 g/mol. The first kappa shape index (κ1) is 17.9. The molecule has 2 N–H and O–H groups in total. The van der Waals surface area contributed by atoms with Crippen LogP contribution in [0.2, 0.25) is 0 Å². The van der Waals surface area contributed by atoms with Gasteiger partial charge in [0.1, 0.15) is 11.3 Å². The molecule has 0 spiro atoms. The largest absolute Gasteiger partial charge is 0.508 e. The molecule has 142 valence electrons. The Morgan fingerprint density at radius 3 is 3.04 bits per heavy atom. The van der Waals surface area contributed by atoms with Crippen LogP contribution in [0.4, 0.5) is 0 Å². The molecule has 1 fully saturated rings.